The molecule has 0 aliphatic carbocycles. The van der Waals surface area contributed by atoms with Crippen LogP contribution in [0.25, 0.3) is 0 Å². The molecule has 11 heteroatoms. The lowest BCUT2D eigenvalue weighted by atomic mass is 9.89. The minimum Gasteiger partial charge on any atom is -0.406 e. The number of hydrogen-bond donors (Lipinski definition) is 2. The lowest BCUT2D eigenvalue weighted by molar-refractivity contribution is -0.274. The van der Waals surface area contributed by atoms with E-state index >= 15 is 0 Å². The van der Waals surface area contributed by atoms with Crippen LogP contribution in [-0.4, -0.2) is 43.0 Å². The molecular weight excluding hydrogens is 453 g/mol. The summed E-state index contributed by atoms with van der Waals surface area (Å²) in [5.41, 5.74) is 1.91. The maximum atomic E-state index is 13.3. The van der Waals surface area contributed by atoms with E-state index in [1.165, 1.54) is 29.2 Å². The van der Waals surface area contributed by atoms with Gasteiger partial charge >= 0.3 is 12.4 Å². The number of nitrogens with one attached hydrogen (secondary N) is 2. The molecule has 2 aliphatic heterocycles. The van der Waals surface area contributed by atoms with E-state index in [0.717, 1.165) is 18.4 Å². The van der Waals surface area contributed by atoms with Gasteiger partial charge in [0.1, 0.15) is 12.3 Å². The largest absolute Gasteiger partial charge is 0.573 e. The fourth-order valence-corrected chi connectivity index (χ4v) is 4.17. The number of aromatic nitrogens is 1. The Labute approximate surface area is 194 Å². The summed E-state index contributed by atoms with van der Waals surface area (Å²) >= 11 is 0. The Morgan fingerprint density at radius 1 is 1.29 bits per heavy atom. The normalized spacial score (nSPS) is 17.5. The molecule has 3 amide bonds. The van der Waals surface area contributed by atoms with Crippen molar-refractivity contribution in [2.24, 2.45) is 5.92 Å². The molecule has 2 aromatic rings. The summed E-state index contributed by atoms with van der Waals surface area (Å²) in [6.45, 7) is 2.87. The second-order valence-corrected chi connectivity index (χ2v) is 8.43. The zero-order valence-electron chi connectivity index (χ0n) is 18.5. The van der Waals surface area contributed by atoms with Crippen LogP contribution in [0.15, 0.2) is 36.5 Å². The molecule has 1 atom stereocenters. The average molecular weight is 478 g/mol. The molecule has 1 aromatic heterocycles. The second-order valence-electron chi connectivity index (χ2n) is 8.43. The van der Waals surface area contributed by atoms with E-state index in [1.54, 1.807) is 12.3 Å². The van der Waals surface area contributed by atoms with E-state index in [4.69, 9.17) is 4.74 Å². The van der Waals surface area contributed by atoms with Gasteiger partial charge in [-0.3, -0.25) is 9.69 Å². The van der Waals surface area contributed by atoms with Crippen molar-refractivity contribution in [3.63, 3.8) is 0 Å². The van der Waals surface area contributed by atoms with Gasteiger partial charge in [0.25, 0.3) is 0 Å². The zero-order valence-corrected chi connectivity index (χ0v) is 18.5. The molecule has 1 saturated heterocycles. The van der Waals surface area contributed by atoms with Gasteiger partial charge in [0.05, 0.1) is 11.7 Å². The van der Waals surface area contributed by atoms with Crippen LogP contribution in [0.2, 0.25) is 0 Å². The number of halogens is 3. The minimum atomic E-state index is -4.79. The number of urea groups is 1. The van der Waals surface area contributed by atoms with Gasteiger partial charge in [-0.05, 0) is 61.4 Å². The third-order valence-corrected chi connectivity index (χ3v) is 5.80. The van der Waals surface area contributed by atoms with Crippen LogP contribution < -0.4 is 20.3 Å². The van der Waals surface area contributed by atoms with Crippen molar-refractivity contribution in [3.05, 3.63) is 47.7 Å². The van der Waals surface area contributed by atoms with Crippen LogP contribution in [0.4, 0.5) is 29.5 Å². The number of aryl methyl sites for hydroxylation is 1. The predicted octanol–water partition coefficient (Wildman–Crippen LogP) is 4.31. The van der Waals surface area contributed by atoms with Gasteiger partial charge in [-0.25, -0.2) is 9.78 Å². The Hall–Kier alpha value is -3.34. The Morgan fingerprint density at radius 2 is 2.00 bits per heavy atom. The highest BCUT2D eigenvalue weighted by molar-refractivity contribution is 6.08. The van der Waals surface area contributed by atoms with Crippen molar-refractivity contribution in [2.75, 3.05) is 30.0 Å². The summed E-state index contributed by atoms with van der Waals surface area (Å²) in [5.74, 6) is -0.0809. The van der Waals surface area contributed by atoms with Gasteiger partial charge in [0.2, 0.25) is 5.91 Å². The number of carbonyl (C=O) groups is 2. The Morgan fingerprint density at radius 3 is 2.68 bits per heavy atom. The highest BCUT2D eigenvalue weighted by Crippen LogP contribution is 2.32. The number of anilines is 2. The smallest absolute Gasteiger partial charge is 0.406 e. The number of benzene rings is 1. The van der Waals surface area contributed by atoms with E-state index in [0.29, 0.717) is 36.7 Å². The van der Waals surface area contributed by atoms with Crippen molar-refractivity contribution in [1.82, 2.24) is 10.3 Å². The zero-order chi connectivity index (χ0) is 24.3. The summed E-state index contributed by atoms with van der Waals surface area (Å²) in [6, 6.07) is 6.18. The summed E-state index contributed by atoms with van der Waals surface area (Å²) in [5, 5.41) is 5.68. The number of nitrogens with zero attached hydrogens (tertiary/aromatic N) is 2. The number of fused-ring (bicyclic) bond motifs is 1. The van der Waals surface area contributed by atoms with E-state index in [1.807, 2.05) is 6.92 Å². The van der Waals surface area contributed by atoms with Crippen molar-refractivity contribution in [3.8, 4) is 5.75 Å². The third kappa shape index (κ3) is 5.96. The summed E-state index contributed by atoms with van der Waals surface area (Å²) < 4.78 is 47.0. The summed E-state index contributed by atoms with van der Waals surface area (Å²) in [7, 11) is 0. The molecule has 1 aromatic carbocycles. The van der Waals surface area contributed by atoms with Crippen molar-refractivity contribution in [2.45, 2.75) is 38.6 Å². The van der Waals surface area contributed by atoms with E-state index in [-0.39, 0.29) is 24.1 Å². The molecule has 0 spiro atoms. The van der Waals surface area contributed by atoms with Crippen molar-refractivity contribution >= 4 is 23.4 Å². The molecule has 8 nitrogen and oxygen atoms in total. The number of hydrogen-bond acceptors (Lipinski definition) is 5. The highest BCUT2D eigenvalue weighted by atomic mass is 19.4. The molecule has 2 N–H and O–H groups in total. The first-order valence-electron chi connectivity index (χ1n) is 11.0. The quantitative estimate of drug-likeness (QED) is 0.668. The first-order valence-corrected chi connectivity index (χ1v) is 11.0. The first kappa shape index (κ1) is 23.8. The van der Waals surface area contributed by atoms with Crippen molar-refractivity contribution in [1.29, 1.82) is 0 Å². The molecular formula is C23H25F3N4O4. The average Bonchev–Trinajstić information content (AvgIpc) is 2.78. The predicted molar refractivity (Wildman–Crippen MR) is 118 cm³/mol. The van der Waals surface area contributed by atoms with Crippen LogP contribution in [-0.2, 0) is 9.53 Å². The second kappa shape index (κ2) is 9.88. The van der Waals surface area contributed by atoms with E-state index in [2.05, 4.69) is 20.4 Å². The van der Waals surface area contributed by atoms with E-state index < -0.39 is 18.4 Å². The van der Waals surface area contributed by atoms with Crippen LogP contribution in [0.1, 0.15) is 36.4 Å². The Balaban J connectivity index is 1.56. The number of ether oxygens (including phenoxy) is 2. The first-order chi connectivity index (χ1) is 16.2. The number of pyridine rings is 1. The van der Waals surface area contributed by atoms with Gasteiger partial charge in [0.15, 0.2) is 5.82 Å². The monoisotopic (exact) mass is 478 g/mol. The van der Waals surface area contributed by atoms with Gasteiger partial charge in [0, 0.05) is 19.4 Å². The molecule has 1 unspecified atom stereocenters. The van der Waals surface area contributed by atoms with Gasteiger partial charge in [-0.2, -0.15) is 0 Å². The molecule has 0 saturated carbocycles. The van der Waals surface area contributed by atoms with Crippen molar-refractivity contribution < 1.29 is 32.2 Å². The molecule has 4 rings (SSSR count). The van der Waals surface area contributed by atoms with Gasteiger partial charge < -0.3 is 20.1 Å². The van der Waals surface area contributed by atoms with Gasteiger partial charge in [-0.15, -0.1) is 13.2 Å². The fourth-order valence-electron chi connectivity index (χ4n) is 4.17. The fraction of sp³-hybridized carbons (Fsp3) is 0.435. The lowest BCUT2D eigenvalue weighted by Gasteiger charge is -2.32. The van der Waals surface area contributed by atoms with Crippen LogP contribution in [0, 0.1) is 12.8 Å². The number of carbonyl (C=O) groups excluding carboxylic acids is 2. The van der Waals surface area contributed by atoms with Crippen LogP contribution >= 0.6 is 0 Å². The molecule has 2 aliphatic rings. The van der Waals surface area contributed by atoms with Crippen LogP contribution in [0.5, 0.6) is 5.75 Å². The van der Waals surface area contributed by atoms with Crippen LogP contribution in [0.3, 0.4) is 0 Å². The topological polar surface area (TPSA) is 92.8 Å². The number of amides is 3. The SMILES string of the molecule is Cc1cnc2c(c1)NC(=O)CN2C(=O)NC(CC1CCOCC1)c1ccc(OC(F)(F)F)cc1. The molecule has 1 fully saturated rings. The Bertz CT molecular complexity index is 1040. The maximum absolute atomic E-state index is 13.3. The standard InChI is InChI=1S/C23H25F3N4O4/c1-14-10-19-21(27-12-14)30(13-20(31)28-19)22(32)29-18(11-15-6-8-33-9-7-15)16-2-4-17(5-3-16)34-23(24,25)26/h2-5,10,12,15,18H,6-9,11,13H2,1H3,(H,28,31)(H,29,32). The third-order valence-electron chi connectivity index (χ3n) is 5.80. The number of rotatable bonds is 5. The number of alkyl halides is 3. The minimum absolute atomic E-state index is 0.197. The molecule has 34 heavy (non-hydrogen) atoms. The Kier molecular flexibility index (Phi) is 6.92. The van der Waals surface area contributed by atoms with E-state index in [9.17, 15) is 22.8 Å². The molecule has 0 bridgehead atoms. The summed E-state index contributed by atoms with van der Waals surface area (Å²) in [6.07, 6.45) is -0.974. The van der Waals surface area contributed by atoms with Gasteiger partial charge in [-0.1, -0.05) is 12.1 Å². The maximum Gasteiger partial charge on any atom is 0.573 e. The lowest BCUT2D eigenvalue weighted by Crippen LogP contribution is -2.48. The molecule has 3 heterocycles. The molecule has 0 radical (unpaired) electrons. The summed E-state index contributed by atoms with van der Waals surface area (Å²) in [4.78, 5) is 31.0. The molecule has 182 valence electrons. The highest BCUT2D eigenvalue weighted by Gasteiger charge is 2.32.